The lowest BCUT2D eigenvalue weighted by atomic mass is 10.0. The van der Waals surface area contributed by atoms with Crippen LogP contribution in [0, 0.1) is 0 Å². The van der Waals surface area contributed by atoms with E-state index in [4.69, 9.17) is 9.84 Å². The molecule has 2 rings (SSSR count). The molecular weight excluding hydrogens is 236 g/mol. The number of benzene rings is 1. The first-order valence-electron chi connectivity index (χ1n) is 5.09. The molecule has 0 fully saturated rings. The summed E-state index contributed by atoms with van der Waals surface area (Å²) < 4.78 is 5.01. The molecule has 6 heteroatoms. The highest BCUT2D eigenvalue weighted by molar-refractivity contribution is 5.95. The van der Waals surface area contributed by atoms with Gasteiger partial charge in [0, 0.05) is 5.56 Å². The van der Waals surface area contributed by atoms with Crippen LogP contribution in [0.15, 0.2) is 35.3 Å². The molecule has 0 saturated carbocycles. The molecule has 1 aromatic carbocycles. The first kappa shape index (κ1) is 11.8. The van der Waals surface area contributed by atoms with Gasteiger partial charge in [0.2, 0.25) is 0 Å². The number of nitrogens with one attached hydrogen (secondary N) is 1. The molecular formula is C12H10N2O4. The molecule has 0 unspecified atom stereocenters. The Morgan fingerprint density at radius 2 is 2.00 bits per heavy atom. The van der Waals surface area contributed by atoms with Gasteiger partial charge in [-0.3, -0.25) is 4.79 Å². The molecule has 0 radical (unpaired) electrons. The number of hydrogen-bond acceptors (Lipinski definition) is 4. The summed E-state index contributed by atoms with van der Waals surface area (Å²) in [5.74, 6) is -0.641. The fourth-order valence-electron chi connectivity index (χ4n) is 1.60. The zero-order valence-electron chi connectivity index (χ0n) is 9.51. The van der Waals surface area contributed by atoms with Gasteiger partial charge < -0.3 is 9.84 Å². The summed E-state index contributed by atoms with van der Waals surface area (Å²) in [6, 6.07) is 6.70. The van der Waals surface area contributed by atoms with Gasteiger partial charge in [-0.2, -0.15) is 5.10 Å². The Balaban J connectivity index is 2.59. The zero-order valence-corrected chi connectivity index (χ0v) is 9.51. The molecule has 18 heavy (non-hydrogen) atoms. The minimum Gasteiger partial charge on any atom is -0.497 e. The molecule has 0 spiro atoms. The van der Waals surface area contributed by atoms with Crippen molar-refractivity contribution < 1.29 is 14.6 Å². The van der Waals surface area contributed by atoms with E-state index in [1.807, 2.05) is 0 Å². The number of carbonyl (C=O) groups is 1. The monoisotopic (exact) mass is 246 g/mol. The minimum atomic E-state index is -1.29. The Morgan fingerprint density at radius 3 is 2.56 bits per heavy atom. The van der Waals surface area contributed by atoms with Crippen molar-refractivity contribution in [1.82, 2.24) is 10.2 Å². The molecule has 0 amide bonds. The van der Waals surface area contributed by atoms with Gasteiger partial charge in [-0.15, -0.1) is 0 Å². The summed E-state index contributed by atoms with van der Waals surface area (Å²) in [5.41, 5.74) is -0.188. The number of carboxylic acids is 1. The number of nitrogens with zero attached hydrogens (tertiary/aromatic N) is 1. The van der Waals surface area contributed by atoms with Gasteiger partial charge in [0.05, 0.1) is 13.3 Å². The number of aromatic carboxylic acids is 1. The predicted molar refractivity (Wildman–Crippen MR) is 63.8 cm³/mol. The molecule has 0 aliphatic carbocycles. The third kappa shape index (κ3) is 2.08. The Hall–Kier alpha value is -2.63. The summed E-state index contributed by atoms with van der Waals surface area (Å²) in [5, 5.41) is 14.8. The van der Waals surface area contributed by atoms with Crippen LogP contribution < -0.4 is 10.3 Å². The molecule has 1 heterocycles. The summed E-state index contributed by atoms with van der Waals surface area (Å²) in [6.07, 6.45) is 1.31. The number of ether oxygens (including phenoxy) is 1. The van der Waals surface area contributed by atoms with Crippen molar-refractivity contribution in [2.75, 3.05) is 7.11 Å². The highest BCUT2D eigenvalue weighted by Gasteiger charge is 2.16. The number of rotatable bonds is 3. The Labute approximate surface area is 102 Å². The number of aromatic amines is 1. The van der Waals surface area contributed by atoms with Crippen molar-refractivity contribution in [2.24, 2.45) is 0 Å². The Bertz CT molecular complexity index is 631. The number of methoxy groups -OCH3 is 1. The molecule has 6 nitrogen and oxygen atoms in total. The van der Waals surface area contributed by atoms with E-state index in [0.29, 0.717) is 11.3 Å². The fourth-order valence-corrected chi connectivity index (χ4v) is 1.60. The lowest BCUT2D eigenvalue weighted by molar-refractivity contribution is 0.0695. The van der Waals surface area contributed by atoms with E-state index in [9.17, 15) is 9.59 Å². The second-order valence-corrected chi connectivity index (χ2v) is 3.52. The maximum atomic E-state index is 11.5. The summed E-state index contributed by atoms with van der Waals surface area (Å²) in [4.78, 5) is 22.5. The number of aromatic nitrogens is 2. The Morgan fingerprint density at radius 1 is 1.33 bits per heavy atom. The molecule has 0 bridgehead atoms. The van der Waals surface area contributed by atoms with Crippen LogP contribution in [0.3, 0.4) is 0 Å². The SMILES string of the molecule is COc1ccc(-c2cn[nH]c(=O)c2C(=O)O)cc1. The van der Waals surface area contributed by atoms with E-state index >= 15 is 0 Å². The van der Waals surface area contributed by atoms with Crippen molar-refractivity contribution in [3.63, 3.8) is 0 Å². The average Bonchev–Trinajstić information content (AvgIpc) is 2.38. The smallest absolute Gasteiger partial charge is 0.342 e. The van der Waals surface area contributed by atoms with Gasteiger partial charge in [-0.05, 0) is 17.7 Å². The quantitative estimate of drug-likeness (QED) is 0.847. The first-order chi connectivity index (χ1) is 8.63. The highest BCUT2D eigenvalue weighted by atomic mass is 16.5. The van der Waals surface area contributed by atoms with E-state index in [1.54, 1.807) is 24.3 Å². The van der Waals surface area contributed by atoms with E-state index in [2.05, 4.69) is 10.2 Å². The molecule has 2 aromatic rings. The van der Waals surface area contributed by atoms with Gasteiger partial charge in [0.25, 0.3) is 5.56 Å². The molecule has 92 valence electrons. The van der Waals surface area contributed by atoms with Gasteiger partial charge in [-0.25, -0.2) is 9.89 Å². The topological polar surface area (TPSA) is 92.3 Å². The van der Waals surface area contributed by atoms with Crippen LogP contribution in [0.2, 0.25) is 0 Å². The van der Waals surface area contributed by atoms with Crippen LogP contribution in [-0.2, 0) is 0 Å². The van der Waals surface area contributed by atoms with Crippen LogP contribution in [-0.4, -0.2) is 28.4 Å². The van der Waals surface area contributed by atoms with Gasteiger partial charge in [0.15, 0.2) is 0 Å². The third-order valence-corrected chi connectivity index (χ3v) is 2.47. The van der Waals surface area contributed by atoms with Crippen molar-refractivity contribution in [3.05, 3.63) is 46.4 Å². The van der Waals surface area contributed by atoms with E-state index in [-0.39, 0.29) is 11.1 Å². The normalized spacial score (nSPS) is 10.1. The van der Waals surface area contributed by atoms with Crippen LogP contribution in [0.25, 0.3) is 11.1 Å². The largest absolute Gasteiger partial charge is 0.497 e. The van der Waals surface area contributed by atoms with Gasteiger partial charge in [0.1, 0.15) is 11.3 Å². The van der Waals surface area contributed by atoms with E-state index < -0.39 is 11.5 Å². The number of carboxylic acid groups (broad SMARTS) is 1. The zero-order chi connectivity index (χ0) is 13.1. The molecule has 0 atom stereocenters. The van der Waals surface area contributed by atoms with Crippen molar-refractivity contribution >= 4 is 5.97 Å². The molecule has 0 saturated heterocycles. The van der Waals surface area contributed by atoms with Crippen molar-refractivity contribution in [1.29, 1.82) is 0 Å². The van der Waals surface area contributed by atoms with E-state index in [1.165, 1.54) is 13.3 Å². The maximum absolute atomic E-state index is 11.5. The summed E-state index contributed by atoms with van der Waals surface area (Å²) >= 11 is 0. The molecule has 1 aromatic heterocycles. The highest BCUT2D eigenvalue weighted by Crippen LogP contribution is 2.23. The van der Waals surface area contributed by atoms with Crippen LogP contribution in [0.4, 0.5) is 0 Å². The standard InChI is InChI=1S/C12H10N2O4/c1-18-8-4-2-7(3-5-8)9-6-13-14-11(15)10(9)12(16)17/h2-6H,1H3,(H,14,15)(H,16,17). The van der Waals surface area contributed by atoms with Crippen molar-refractivity contribution in [2.45, 2.75) is 0 Å². The second-order valence-electron chi connectivity index (χ2n) is 3.52. The second kappa shape index (κ2) is 4.70. The van der Waals surface area contributed by atoms with Crippen molar-refractivity contribution in [3.8, 4) is 16.9 Å². The lowest BCUT2D eigenvalue weighted by Crippen LogP contribution is -2.19. The van der Waals surface area contributed by atoms with Gasteiger partial charge >= 0.3 is 5.97 Å². The predicted octanol–water partition coefficient (Wildman–Crippen LogP) is 1.14. The molecule has 0 aliphatic heterocycles. The Kier molecular flexibility index (Phi) is 3.09. The van der Waals surface area contributed by atoms with Crippen LogP contribution >= 0.6 is 0 Å². The third-order valence-electron chi connectivity index (χ3n) is 2.47. The number of H-pyrrole nitrogens is 1. The minimum absolute atomic E-state index is 0.272. The summed E-state index contributed by atoms with van der Waals surface area (Å²) in [6.45, 7) is 0. The number of hydrogen-bond donors (Lipinski definition) is 2. The fraction of sp³-hybridized carbons (Fsp3) is 0.0833. The van der Waals surface area contributed by atoms with E-state index in [0.717, 1.165) is 0 Å². The molecule has 0 aliphatic rings. The van der Waals surface area contributed by atoms with Gasteiger partial charge in [-0.1, -0.05) is 12.1 Å². The lowest BCUT2D eigenvalue weighted by Gasteiger charge is -2.05. The summed E-state index contributed by atoms with van der Waals surface area (Å²) in [7, 11) is 1.53. The average molecular weight is 246 g/mol. The van der Waals surface area contributed by atoms with Crippen LogP contribution in [0.5, 0.6) is 5.75 Å². The van der Waals surface area contributed by atoms with Crippen LogP contribution in [0.1, 0.15) is 10.4 Å². The molecule has 2 N–H and O–H groups in total. The first-order valence-corrected chi connectivity index (χ1v) is 5.09. The maximum Gasteiger partial charge on any atom is 0.342 e.